The third-order valence-electron chi connectivity index (χ3n) is 2.85. The van der Waals surface area contributed by atoms with Crippen LogP contribution < -0.4 is 5.32 Å². The SMILES string of the molecule is CCCc1c(Cl)ncnc1NCc1cc(Br)ccc1F. The molecule has 1 heterocycles. The summed E-state index contributed by atoms with van der Waals surface area (Å²) < 4.78 is 14.5. The molecule has 0 amide bonds. The van der Waals surface area contributed by atoms with Crippen LogP contribution in [0.5, 0.6) is 0 Å². The van der Waals surface area contributed by atoms with E-state index in [1.165, 1.54) is 12.4 Å². The third kappa shape index (κ3) is 3.67. The minimum Gasteiger partial charge on any atom is -0.366 e. The van der Waals surface area contributed by atoms with Gasteiger partial charge in [0.05, 0.1) is 0 Å². The summed E-state index contributed by atoms with van der Waals surface area (Å²) in [5.41, 5.74) is 1.43. The maximum absolute atomic E-state index is 13.7. The van der Waals surface area contributed by atoms with Crippen molar-refractivity contribution in [1.29, 1.82) is 0 Å². The summed E-state index contributed by atoms with van der Waals surface area (Å²) in [5, 5.41) is 3.57. The molecule has 20 heavy (non-hydrogen) atoms. The fraction of sp³-hybridized carbons (Fsp3) is 0.286. The molecule has 0 aliphatic heterocycles. The number of nitrogens with zero attached hydrogens (tertiary/aromatic N) is 2. The summed E-state index contributed by atoms with van der Waals surface area (Å²) in [6, 6.07) is 4.84. The molecule has 0 bridgehead atoms. The van der Waals surface area contributed by atoms with Crippen LogP contribution in [-0.2, 0) is 13.0 Å². The van der Waals surface area contributed by atoms with Crippen LogP contribution in [0.15, 0.2) is 29.0 Å². The Labute approximate surface area is 130 Å². The molecule has 0 radical (unpaired) electrons. The Bertz CT molecular complexity index is 607. The van der Waals surface area contributed by atoms with Gasteiger partial charge < -0.3 is 5.32 Å². The van der Waals surface area contributed by atoms with Gasteiger partial charge in [0, 0.05) is 22.1 Å². The quantitative estimate of drug-likeness (QED) is 0.794. The summed E-state index contributed by atoms with van der Waals surface area (Å²) >= 11 is 9.41. The summed E-state index contributed by atoms with van der Waals surface area (Å²) in [6.45, 7) is 2.40. The minimum absolute atomic E-state index is 0.252. The second-order valence-electron chi connectivity index (χ2n) is 4.33. The van der Waals surface area contributed by atoms with Crippen LogP contribution >= 0.6 is 27.5 Å². The van der Waals surface area contributed by atoms with Crippen molar-refractivity contribution in [3.05, 3.63) is 51.1 Å². The summed E-state index contributed by atoms with van der Waals surface area (Å²) in [7, 11) is 0. The van der Waals surface area contributed by atoms with Gasteiger partial charge in [0.1, 0.15) is 23.1 Å². The van der Waals surface area contributed by atoms with E-state index in [9.17, 15) is 4.39 Å². The Balaban J connectivity index is 2.18. The van der Waals surface area contributed by atoms with Crippen molar-refractivity contribution in [2.45, 2.75) is 26.3 Å². The number of halogens is 3. The fourth-order valence-electron chi connectivity index (χ4n) is 1.87. The lowest BCUT2D eigenvalue weighted by Crippen LogP contribution is -2.07. The Hall–Kier alpha value is -1.20. The molecule has 1 aromatic heterocycles. The molecule has 106 valence electrons. The predicted octanol–water partition coefficient (Wildman–Crippen LogP) is 4.60. The molecule has 1 N–H and O–H groups in total. The van der Waals surface area contributed by atoms with Crippen molar-refractivity contribution < 1.29 is 4.39 Å². The van der Waals surface area contributed by atoms with E-state index in [1.807, 2.05) is 0 Å². The Kier molecular flexibility index (Phi) is 5.31. The average molecular weight is 359 g/mol. The number of benzene rings is 1. The van der Waals surface area contributed by atoms with Crippen molar-refractivity contribution in [2.75, 3.05) is 5.32 Å². The van der Waals surface area contributed by atoms with Crippen molar-refractivity contribution in [1.82, 2.24) is 9.97 Å². The lowest BCUT2D eigenvalue weighted by Gasteiger charge is -2.12. The zero-order valence-electron chi connectivity index (χ0n) is 11.0. The smallest absolute Gasteiger partial charge is 0.137 e. The maximum Gasteiger partial charge on any atom is 0.137 e. The van der Waals surface area contributed by atoms with Gasteiger partial charge in [-0.1, -0.05) is 40.9 Å². The highest BCUT2D eigenvalue weighted by atomic mass is 79.9. The highest BCUT2D eigenvalue weighted by molar-refractivity contribution is 9.10. The van der Waals surface area contributed by atoms with Gasteiger partial charge in [0.25, 0.3) is 0 Å². The highest BCUT2D eigenvalue weighted by Crippen LogP contribution is 2.23. The zero-order chi connectivity index (χ0) is 14.5. The lowest BCUT2D eigenvalue weighted by atomic mass is 10.1. The molecule has 0 saturated heterocycles. The van der Waals surface area contributed by atoms with Gasteiger partial charge in [-0.05, 0) is 24.6 Å². The van der Waals surface area contributed by atoms with Crippen LogP contribution in [0, 0.1) is 5.82 Å². The Morgan fingerprint density at radius 1 is 1.35 bits per heavy atom. The Morgan fingerprint density at radius 3 is 2.90 bits per heavy atom. The monoisotopic (exact) mass is 357 g/mol. The molecule has 0 aliphatic rings. The number of rotatable bonds is 5. The highest BCUT2D eigenvalue weighted by Gasteiger charge is 2.10. The number of aromatic nitrogens is 2. The summed E-state index contributed by atoms with van der Waals surface area (Å²) in [5.74, 6) is 0.407. The predicted molar refractivity (Wildman–Crippen MR) is 82.5 cm³/mol. The van der Waals surface area contributed by atoms with Crippen LogP contribution in [0.4, 0.5) is 10.2 Å². The van der Waals surface area contributed by atoms with E-state index in [-0.39, 0.29) is 5.82 Å². The first-order chi connectivity index (χ1) is 9.61. The van der Waals surface area contributed by atoms with Crippen LogP contribution in [0.25, 0.3) is 0 Å². The second kappa shape index (κ2) is 6.99. The largest absolute Gasteiger partial charge is 0.366 e. The van der Waals surface area contributed by atoms with E-state index in [2.05, 4.69) is 38.1 Å². The van der Waals surface area contributed by atoms with Gasteiger partial charge in [0.2, 0.25) is 0 Å². The number of nitrogens with one attached hydrogen (secondary N) is 1. The second-order valence-corrected chi connectivity index (χ2v) is 5.60. The van der Waals surface area contributed by atoms with Gasteiger partial charge in [-0.3, -0.25) is 0 Å². The summed E-state index contributed by atoms with van der Waals surface area (Å²) in [4.78, 5) is 8.16. The van der Waals surface area contributed by atoms with Crippen molar-refractivity contribution in [3.63, 3.8) is 0 Å². The number of hydrogen-bond acceptors (Lipinski definition) is 3. The molecule has 0 saturated carbocycles. The van der Waals surface area contributed by atoms with Crippen LogP contribution in [0.1, 0.15) is 24.5 Å². The average Bonchev–Trinajstić information content (AvgIpc) is 2.43. The normalized spacial score (nSPS) is 10.6. The molecule has 0 unspecified atom stereocenters. The third-order valence-corrected chi connectivity index (χ3v) is 3.67. The topological polar surface area (TPSA) is 37.8 Å². The van der Waals surface area contributed by atoms with Crippen molar-refractivity contribution >= 4 is 33.3 Å². The van der Waals surface area contributed by atoms with E-state index in [0.29, 0.717) is 23.1 Å². The standard InChI is InChI=1S/C14H14BrClFN3/c1-2-3-11-13(16)19-8-20-14(11)18-7-9-6-10(15)4-5-12(9)17/h4-6,8H,2-3,7H2,1H3,(H,18,19,20). The van der Waals surface area contributed by atoms with Crippen molar-refractivity contribution in [2.24, 2.45) is 0 Å². The molecule has 0 atom stereocenters. The molecule has 0 fully saturated rings. The first-order valence-electron chi connectivity index (χ1n) is 6.29. The molecule has 1 aromatic carbocycles. The first kappa shape index (κ1) is 15.2. The molecular formula is C14H14BrClFN3. The zero-order valence-corrected chi connectivity index (χ0v) is 13.3. The van der Waals surface area contributed by atoms with Crippen LogP contribution in [-0.4, -0.2) is 9.97 Å². The Morgan fingerprint density at radius 2 is 2.15 bits per heavy atom. The molecule has 2 rings (SSSR count). The van der Waals surface area contributed by atoms with Gasteiger partial charge >= 0.3 is 0 Å². The summed E-state index contributed by atoms with van der Waals surface area (Å²) in [6.07, 6.45) is 3.12. The van der Waals surface area contributed by atoms with Crippen molar-refractivity contribution in [3.8, 4) is 0 Å². The number of anilines is 1. The van der Waals surface area contributed by atoms with E-state index in [4.69, 9.17) is 11.6 Å². The maximum atomic E-state index is 13.7. The molecule has 3 nitrogen and oxygen atoms in total. The lowest BCUT2D eigenvalue weighted by molar-refractivity contribution is 0.612. The van der Waals surface area contributed by atoms with E-state index >= 15 is 0 Å². The fourth-order valence-corrected chi connectivity index (χ4v) is 2.51. The van der Waals surface area contributed by atoms with Gasteiger partial charge in [-0.2, -0.15) is 0 Å². The molecule has 0 aliphatic carbocycles. The minimum atomic E-state index is -0.252. The first-order valence-corrected chi connectivity index (χ1v) is 7.46. The van der Waals surface area contributed by atoms with Gasteiger partial charge in [0.15, 0.2) is 0 Å². The molecule has 2 aromatic rings. The van der Waals surface area contributed by atoms with E-state index in [1.54, 1.807) is 12.1 Å². The molecule has 6 heteroatoms. The van der Waals surface area contributed by atoms with Crippen LogP contribution in [0.3, 0.4) is 0 Å². The van der Waals surface area contributed by atoms with E-state index in [0.717, 1.165) is 22.9 Å². The van der Waals surface area contributed by atoms with E-state index < -0.39 is 0 Å². The number of hydrogen-bond donors (Lipinski definition) is 1. The van der Waals surface area contributed by atoms with Crippen LogP contribution in [0.2, 0.25) is 5.15 Å². The molecular weight excluding hydrogens is 345 g/mol. The molecule has 0 spiro atoms. The van der Waals surface area contributed by atoms with Gasteiger partial charge in [-0.25, -0.2) is 14.4 Å². The van der Waals surface area contributed by atoms with Gasteiger partial charge in [-0.15, -0.1) is 0 Å².